The standard InChI is InChI=1S/C16H16N2O2/c1-10(2)16(19)20-15-9-12(5-8-14(15)18)11-3-6-13(17)7-4-11/h3-9H,1,17-18H2,2H3. The fourth-order valence-electron chi connectivity index (χ4n) is 1.66. The van der Waals surface area contributed by atoms with Gasteiger partial charge in [-0.15, -0.1) is 0 Å². The SMILES string of the molecule is C=C(C)C(=O)Oc1cc(-c2ccc(N)cc2)ccc1N. The quantitative estimate of drug-likeness (QED) is 0.388. The third-order valence-electron chi connectivity index (χ3n) is 2.81. The van der Waals surface area contributed by atoms with Crippen molar-refractivity contribution in [2.75, 3.05) is 11.5 Å². The van der Waals surface area contributed by atoms with E-state index in [9.17, 15) is 4.79 Å². The van der Waals surface area contributed by atoms with Crippen molar-refractivity contribution in [1.29, 1.82) is 0 Å². The summed E-state index contributed by atoms with van der Waals surface area (Å²) in [5.41, 5.74) is 14.7. The van der Waals surface area contributed by atoms with Crippen LogP contribution in [-0.4, -0.2) is 5.97 Å². The van der Waals surface area contributed by atoms with Crippen molar-refractivity contribution in [3.63, 3.8) is 0 Å². The van der Waals surface area contributed by atoms with Gasteiger partial charge in [-0.2, -0.15) is 0 Å². The Morgan fingerprint density at radius 2 is 1.65 bits per heavy atom. The molecule has 0 amide bonds. The molecule has 0 unspecified atom stereocenters. The predicted molar refractivity (Wildman–Crippen MR) is 81.2 cm³/mol. The van der Waals surface area contributed by atoms with Crippen LogP contribution in [0.3, 0.4) is 0 Å². The zero-order valence-electron chi connectivity index (χ0n) is 11.2. The van der Waals surface area contributed by atoms with Crippen LogP contribution in [0, 0.1) is 0 Å². The number of carbonyl (C=O) groups is 1. The topological polar surface area (TPSA) is 78.3 Å². The number of hydrogen-bond acceptors (Lipinski definition) is 4. The lowest BCUT2D eigenvalue weighted by Gasteiger charge is -2.09. The van der Waals surface area contributed by atoms with Crippen LogP contribution in [0.1, 0.15) is 6.92 Å². The van der Waals surface area contributed by atoms with E-state index in [-0.39, 0.29) is 0 Å². The number of benzene rings is 2. The molecule has 0 atom stereocenters. The molecular weight excluding hydrogens is 252 g/mol. The maximum Gasteiger partial charge on any atom is 0.338 e. The van der Waals surface area contributed by atoms with Gasteiger partial charge in [-0.25, -0.2) is 4.79 Å². The lowest BCUT2D eigenvalue weighted by atomic mass is 10.0. The molecule has 0 aliphatic heterocycles. The number of hydrogen-bond donors (Lipinski definition) is 2. The number of nitrogens with two attached hydrogens (primary N) is 2. The molecule has 0 aliphatic rings. The Morgan fingerprint density at radius 1 is 1.05 bits per heavy atom. The molecule has 0 saturated heterocycles. The van der Waals surface area contributed by atoms with Gasteiger partial charge in [0.2, 0.25) is 0 Å². The number of rotatable bonds is 3. The minimum atomic E-state index is -0.494. The smallest absolute Gasteiger partial charge is 0.338 e. The van der Waals surface area contributed by atoms with Gasteiger partial charge in [0, 0.05) is 11.3 Å². The Labute approximate surface area is 117 Å². The van der Waals surface area contributed by atoms with Crippen molar-refractivity contribution >= 4 is 17.3 Å². The number of carbonyl (C=O) groups excluding carboxylic acids is 1. The molecule has 0 heterocycles. The van der Waals surface area contributed by atoms with Crippen LogP contribution in [-0.2, 0) is 4.79 Å². The molecule has 0 spiro atoms. The van der Waals surface area contributed by atoms with E-state index in [2.05, 4.69) is 6.58 Å². The molecule has 2 rings (SSSR count). The van der Waals surface area contributed by atoms with Gasteiger partial charge >= 0.3 is 5.97 Å². The molecule has 2 aromatic rings. The number of esters is 1. The summed E-state index contributed by atoms with van der Waals surface area (Å²) in [6.45, 7) is 5.13. The fraction of sp³-hybridized carbons (Fsp3) is 0.0625. The molecular formula is C16H16N2O2. The number of nitrogen functional groups attached to an aromatic ring is 2. The van der Waals surface area contributed by atoms with E-state index in [1.54, 1.807) is 19.1 Å². The summed E-state index contributed by atoms with van der Waals surface area (Å²) in [5.74, 6) is -0.168. The predicted octanol–water partition coefficient (Wildman–Crippen LogP) is 3.00. The highest BCUT2D eigenvalue weighted by atomic mass is 16.5. The largest absolute Gasteiger partial charge is 0.421 e. The average Bonchev–Trinajstić information content (AvgIpc) is 2.42. The minimum Gasteiger partial charge on any atom is -0.421 e. The zero-order chi connectivity index (χ0) is 14.7. The van der Waals surface area contributed by atoms with Crippen LogP contribution in [0.5, 0.6) is 5.75 Å². The van der Waals surface area contributed by atoms with Crippen LogP contribution < -0.4 is 16.2 Å². The monoisotopic (exact) mass is 268 g/mol. The molecule has 20 heavy (non-hydrogen) atoms. The maximum atomic E-state index is 11.6. The molecule has 0 aromatic heterocycles. The van der Waals surface area contributed by atoms with Crippen molar-refractivity contribution < 1.29 is 9.53 Å². The minimum absolute atomic E-state index is 0.322. The second-order valence-corrected chi connectivity index (χ2v) is 4.54. The first-order valence-corrected chi connectivity index (χ1v) is 6.10. The van der Waals surface area contributed by atoms with Crippen molar-refractivity contribution in [2.45, 2.75) is 6.92 Å². The van der Waals surface area contributed by atoms with Crippen LogP contribution >= 0.6 is 0 Å². The molecule has 4 N–H and O–H groups in total. The summed E-state index contributed by atoms with van der Waals surface area (Å²) in [4.78, 5) is 11.6. The number of ether oxygens (including phenoxy) is 1. The third kappa shape index (κ3) is 2.98. The first kappa shape index (κ1) is 13.7. The summed E-state index contributed by atoms with van der Waals surface area (Å²) in [7, 11) is 0. The van der Waals surface area contributed by atoms with Gasteiger partial charge in [-0.1, -0.05) is 24.8 Å². The Morgan fingerprint density at radius 3 is 2.25 bits per heavy atom. The van der Waals surface area contributed by atoms with Gasteiger partial charge in [-0.3, -0.25) is 0 Å². The molecule has 0 fully saturated rings. The van der Waals surface area contributed by atoms with E-state index in [1.165, 1.54) is 0 Å². The summed E-state index contributed by atoms with van der Waals surface area (Å²) < 4.78 is 5.20. The molecule has 2 aromatic carbocycles. The highest BCUT2D eigenvalue weighted by Crippen LogP contribution is 2.29. The highest BCUT2D eigenvalue weighted by molar-refractivity contribution is 5.90. The summed E-state index contributed by atoms with van der Waals surface area (Å²) >= 11 is 0. The Balaban J connectivity index is 2.35. The number of anilines is 2. The summed E-state index contributed by atoms with van der Waals surface area (Å²) in [5, 5.41) is 0. The Bertz CT molecular complexity index is 661. The lowest BCUT2D eigenvalue weighted by Crippen LogP contribution is -2.09. The molecule has 0 bridgehead atoms. The fourth-order valence-corrected chi connectivity index (χ4v) is 1.66. The summed E-state index contributed by atoms with van der Waals surface area (Å²) in [6, 6.07) is 12.7. The Kier molecular flexibility index (Phi) is 3.75. The van der Waals surface area contributed by atoms with E-state index in [4.69, 9.17) is 16.2 Å². The van der Waals surface area contributed by atoms with E-state index >= 15 is 0 Å². The normalized spacial score (nSPS) is 10.1. The van der Waals surface area contributed by atoms with Gasteiger partial charge in [0.1, 0.15) is 0 Å². The van der Waals surface area contributed by atoms with E-state index in [1.807, 2.05) is 30.3 Å². The highest BCUT2D eigenvalue weighted by Gasteiger charge is 2.10. The van der Waals surface area contributed by atoms with Crippen molar-refractivity contribution in [3.8, 4) is 16.9 Å². The molecule has 4 heteroatoms. The second kappa shape index (κ2) is 5.48. The second-order valence-electron chi connectivity index (χ2n) is 4.54. The van der Waals surface area contributed by atoms with Crippen molar-refractivity contribution in [1.82, 2.24) is 0 Å². The summed E-state index contributed by atoms with van der Waals surface area (Å²) in [6.07, 6.45) is 0. The van der Waals surface area contributed by atoms with E-state index in [0.717, 1.165) is 11.1 Å². The van der Waals surface area contributed by atoms with Crippen molar-refractivity contribution in [3.05, 3.63) is 54.6 Å². The first-order valence-electron chi connectivity index (χ1n) is 6.10. The maximum absolute atomic E-state index is 11.6. The zero-order valence-corrected chi connectivity index (χ0v) is 11.2. The van der Waals surface area contributed by atoms with Gasteiger partial charge in [0.15, 0.2) is 5.75 Å². The van der Waals surface area contributed by atoms with Crippen LogP contribution in [0.15, 0.2) is 54.6 Å². The van der Waals surface area contributed by atoms with Gasteiger partial charge in [-0.05, 0) is 42.3 Å². The lowest BCUT2D eigenvalue weighted by molar-refractivity contribution is -0.130. The average molecular weight is 268 g/mol. The van der Waals surface area contributed by atoms with E-state index in [0.29, 0.717) is 22.7 Å². The van der Waals surface area contributed by atoms with Crippen LogP contribution in [0.2, 0.25) is 0 Å². The molecule has 102 valence electrons. The molecule has 0 saturated carbocycles. The molecule has 0 aliphatic carbocycles. The molecule has 4 nitrogen and oxygen atoms in total. The molecule has 0 radical (unpaired) electrons. The van der Waals surface area contributed by atoms with Gasteiger partial charge in [0.25, 0.3) is 0 Å². The van der Waals surface area contributed by atoms with Gasteiger partial charge in [0.05, 0.1) is 5.69 Å². The Hall–Kier alpha value is -2.75. The van der Waals surface area contributed by atoms with Crippen LogP contribution in [0.4, 0.5) is 11.4 Å². The van der Waals surface area contributed by atoms with Crippen LogP contribution in [0.25, 0.3) is 11.1 Å². The van der Waals surface area contributed by atoms with Gasteiger partial charge < -0.3 is 16.2 Å². The third-order valence-corrected chi connectivity index (χ3v) is 2.81. The first-order chi connectivity index (χ1) is 9.47. The van der Waals surface area contributed by atoms with E-state index < -0.39 is 5.97 Å². The van der Waals surface area contributed by atoms with Crippen molar-refractivity contribution in [2.24, 2.45) is 0 Å².